The highest BCUT2D eigenvalue weighted by atomic mass is 32.2. The zero-order valence-electron chi connectivity index (χ0n) is 15.9. The van der Waals surface area contributed by atoms with Crippen LogP contribution < -0.4 is 10.0 Å². The van der Waals surface area contributed by atoms with Crippen molar-refractivity contribution in [3.8, 4) is 11.1 Å². The molecule has 0 aliphatic heterocycles. The molecule has 1 heterocycles. The fourth-order valence-electron chi connectivity index (χ4n) is 2.99. The number of aliphatic hydroxyl groups is 1. The lowest BCUT2D eigenvalue weighted by Crippen LogP contribution is -2.41. The first-order valence-electron chi connectivity index (χ1n) is 9.35. The van der Waals surface area contributed by atoms with Gasteiger partial charge in [0, 0.05) is 28.9 Å². The first-order valence-corrected chi connectivity index (χ1v) is 10.4. The highest BCUT2D eigenvalue weighted by Crippen LogP contribution is 2.30. The van der Waals surface area contributed by atoms with Gasteiger partial charge in [-0.25, -0.2) is 9.11 Å². The largest absolute Gasteiger partial charge is 0.760 e. The molecule has 0 spiro atoms. The summed E-state index contributed by atoms with van der Waals surface area (Å²) in [7, 11) is 0. The van der Waals surface area contributed by atoms with E-state index in [9.17, 15) is 23.1 Å². The summed E-state index contributed by atoms with van der Waals surface area (Å²) in [5.41, 5.74) is 2.75. The quantitative estimate of drug-likeness (QED) is 0.538. The van der Waals surface area contributed by atoms with Gasteiger partial charge in [0.15, 0.2) is 0 Å². The summed E-state index contributed by atoms with van der Waals surface area (Å²) in [6.07, 6.45) is 2.11. The SMILES string of the molecule is CC(NS(=O)[O-])c1ccc(-c2ccc([C@@H](O)[C@@H](CF)NC(=O)C3CC3)cc2)cn1. The molecule has 7 nitrogen and oxygen atoms in total. The third-order valence-corrected chi connectivity index (χ3v) is 5.46. The summed E-state index contributed by atoms with van der Waals surface area (Å²) in [4.78, 5) is 16.1. The van der Waals surface area contributed by atoms with Crippen LogP contribution >= 0.6 is 0 Å². The maximum absolute atomic E-state index is 13.3. The molecule has 0 bridgehead atoms. The summed E-state index contributed by atoms with van der Waals surface area (Å²) in [6, 6.07) is 9.06. The molecule has 1 aliphatic rings. The summed E-state index contributed by atoms with van der Waals surface area (Å²) >= 11 is -2.37. The summed E-state index contributed by atoms with van der Waals surface area (Å²) < 4.78 is 37.1. The molecular formula is C20H23FN3O4S-. The molecular weight excluding hydrogens is 397 g/mol. The zero-order valence-corrected chi connectivity index (χ0v) is 16.7. The lowest BCUT2D eigenvalue weighted by atomic mass is 9.99. The topological polar surface area (TPSA) is 114 Å². The molecule has 4 atom stereocenters. The Morgan fingerprint density at radius 3 is 2.45 bits per heavy atom. The minimum Gasteiger partial charge on any atom is -0.760 e. The van der Waals surface area contributed by atoms with Gasteiger partial charge in [0.2, 0.25) is 5.91 Å². The molecule has 1 amide bonds. The number of rotatable bonds is 9. The smallest absolute Gasteiger partial charge is 0.223 e. The van der Waals surface area contributed by atoms with Crippen LogP contribution in [0.15, 0.2) is 42.6 Å². The van der Waals surface area contributed by atoms with Gasteiger partial charge in [-0.05, 0) is 37.0 Å². The minimum atomic E-state index is -2.37. The zero-order chi connectivity index (χ0) is 21.0. The number of hydrogen-bond donors (Lipinski definition) is 3. The number of nitrogens with zero attached hydrogens (tertiary/aromatic N) is 1. The van der Waals surface area contributed by atoms with Gasteiger partial charge in [-0.1, -0.05) is 30.3 Å². The first-order chi connectivity index (χ1) is 13.9. The monoisotopic (exact) mass is 420 g/mol. The number of halogens is 1. The van der Waals surface area contributed by atoms with Crippen molar-refractivity contribution < 1.29 is 23.1 Å². The summed E-state index contributed by atoms with van der Waals surface area (Å²) in [5, 5.41) is 13.0. The number of carbonyl (C=O) groups is 1. The van der Waals surface area contributed by atoms with Gasteiger partial charge in [-0.3, -0.25) is 14.0 Å². The summed E-state index contributed by atoms with van der Waals surface area (Å²) in [5.74, 6) is -0.264. The Morgan fingerprint density at radius 1 is 1.28 bits per heavy atom. The predicted molar refractivity (Wildman–Crippen MR) is 106 cm³/mol. The average molecular weight is 420 g/mol. The van der Waals surface area contributed by atoms with E-state index in [4.69, 9.17) is 0 Å². The number of amides is 1. The standard InChI is InChI=1S/C20H24FN3O4S/c1-12(24-29(27)28)17-9-8-16(11-22-17)13-2-4-14(5-3-13)19(25)18(10-21)23-20(26)15-6-7-15/h2-5,8-9,11-12,15,18-19,24-25H,6-7,10H2,1H3,(H,23,26)(H,27,28)/p-1/t12?,18-,19-/m1/s1. The Kier molecular flexibility index (Phi) is 7.07. The van der Waals surface area contributed by atoms with Gasteiger partial charge in [0.1, 0.15) is 12.8 Å². The highest BCUT2D eigenvalue weighted by Gasteiger charge is 2.33. The molecule has 156 valence electrons. The number of carbonyl (C=O) groups excluding carboxylic acids is 1. The third kappa shape index (κ3) is 5.66. The van der Waals surface area contributed by atoms with Crippen LogP contribution in [-0.2, 0) is 16.1 Å². The van der Waals surface area contributed by atoms with Crippen LogP contribution in [0.2, 0.25) is 0 Å². The number of benzene rings is 1. The lowest BCUT2D eigenvalue weighted by molar-refractivity contribution is -0.124. The van der Waals surface area contributed by atoms with Crippen LogP contribution in [0.5, 0.6) is 0 Å². The molecule has 1 saturated carbocycles. The van der Waals surface area contributed by atoms with Crippen LogP contribution in [-0.4, -0.2) is 37.5 Å². The Balaban J connectivity index is 1.67. The Hall–Kier alpha value is -2.20. The van der Waals surface area contributed by atoms with Gasteiger partial charge in [0.25, 0.3) is 0 Å². The second-order valence-corrected chi connectivity index (χ2v) is 7.86. The third-order valence-electron chi connectivity index (χ3n) is 4.91. The molecule has 29 heavy (non-hydrogen) atoms. The van der Waals surface area contributed by atoms with Crippen LogP contribution in [0.25, 0.3) is 11.1 Å². The maximum Gasteiger partial charge on any atom is 0.223 e. The minimum absolute atomic E-state index is 0.0550. The number of hydrogen-bond acceptors (Lipinski definition) is 5. The van der Waals surface area contributed by atoms with E-state index in [-0.39, 0.29) is 11.8 Å². The molecule has 1 aromatic carbocycles. The van der Waals surface area contributed by atoms with Gasteiger partial charge in [0.05, 0.1) is 17.8 Å². The molecule has 2 unspecified atom stereocenters. The van der Waals surface area contributed by atoms with Crippen molar-refractivity contribution in [1.82, 2.24) is 15.0 Å². The van der Waals surface area contributed by atoms with Crippen LogP contribution in [0.1, 0.15) is 43.2 Å². The molecule has 2 aromatic rings. The number of aliphatic hydroxyl groups excluding tert-OH is 1. The van der Waals surface area contributed by atoms with Gasteiger partial charge >= 0.3 is 0 Å². The van der Waals surface area contributed by atoms with E-state index < -0.39 is 36.1 Å². The van der Waals surface area contributed by atoms with E-state index >= 15 is 0 Å². The lowest BCUT2D eigenvalue weighted by Gasteiger charge is -2.22. The molecule has 1 fully saturated rings. The van der Waals surface area contributed by atoms with E-state index in [0.717, 1.165) is 24.0 Å². The first kappa shape index (κ1) is 21.5. The van der Waals surface area contributed by atoms with Crippen molar-refractivity contribution in [2.75, 3.05) is 6.67 Å². The van der Waals surface area contributed by atoms with Crippen LogP contribution in [0.4, 0.5) is 4.39 Å². The number of alkyl halides is 1. The molecule has 0 saturated heterocycles. The number of nitrogens with one attached hydrogen (secondary N) is 2. The average Bonchev–Trinajstić information content (AvgIpc) is 3.56. The molecule has 9 heteroatoms. The van der Waals surface area contributed by atoms with Gasteiger partial charge < -0.3 is 15.0 Å². The van der Waals surface area contributed by atoms with Gasteiger partial charge in [-0.2, -0.15) is 0 Å². The van der Waals surface area contributed by atoms with Crippen molar-refractivity contribution in [3.63, 3.8) is 0 Å². The second kappa shape index (κ2) is 9.53. The van der Waals surface area contributed by atoms with Gasteiger partial charge in [-0.15, -0.1) is 0 Å². The second-order valence-electron chi connectivity index (χ2n) is 7.16. The normalized spacial score (nSPS) is 17.9. The summed E-state index contributed by atoms with van der Waals surface area (Å²) in [6.45, 7) is 0.838. The van der Waals surface area contributed by atoms with Crippen molar-refractivity contribution in [2.24, 2.45) is 5.92 Å². The predicted octanol–water partition coefficient (Wildman–Crippen LogP) is 2.09. The van der Waals surface area contributed by atoms with Crippen LogP contribution in [0, 0.1) is 5.92 Å². The fourth-order valence-corrected chi connectivity index (χ4v) is 3.40. The van der Waals surface area contributed by atoms with E-state index in [1.807, 2.05) is 6.07 Å². The van der Waals surface area contributed by atoms with Crippen molar-refractivity contribution >= 4 is 17.2 Å². The molecule has 1 aliphatic carbocycles. The van der Waals surface area contributed by atoms with E-state index in [2.05, 4.69) is 15.0 Å². The maximum atomic E-state index is 13.3. The van der Waals surface area contributed by atoms with Crippen molar-refractivity contribution in [3.05, 3.63) is 53.9 Å². The van der Waals surface area contributed by atoms with Crippen molar-refractivity contribution in [2.45, 2.75) is 38.0 Å². The Labute approximate surface area is 171 Å². The molecule has 1 aromatic heterocycles. The Bertz CT molecular complexity index is 859. The number of pyridine rings is 1. The Morgan fingerprint density at radius 2 is 1.93 bits per heavy atom. The number of aromatic nitrogens is 1. The highest BCUT2D eigenvalue weighted by molar-refractivity contribution is 7.77. The van der Waals surface area contributed by atoms with Crippen molar-refractivity contribution in [1.29, 1.82) is 0 Å². The fraction of sp³-hybridized carbons (Fsp3) is 0.400. The molecule has 3 N–H and O–H groups in total. The molecule has 0 radical (unpaired) electrons. The van der Waals surface area contributed by atoms with E-state index in [1.54, 1.807) is 43.5 Å². The van der Waals surface area contributed by atoms with E-state index in [0.29, 0.717) is 11.3 Å². The van der Waals surface area contributed by atoms with E-state index in [1.165, 1.54) is 0 Å². The molecule has 3 rings (SSSR count). The van der Waals surface area contributed by atoms with Crippen LogP contribution in [0.3, 0.4) is 0 Å².